The number of benzene rings is 1. The molecule has 1 aliphatic rings. The van der Waals surface area contributed by atoms with Gasteiger partial charge in [0.05, 0.1) is 13.2 Å². The number of carbonyl (C=O) groups is 4. The number of ether oxygens (including phenoxy) is 2. The molecule has 2 amide bonds. The average Bonchev–Trinajstić information content (AvgIpc) is 3.63. The zero-order chi connectivity index (χ0) is 38.4. The summed E-state index contributed by atoms with van der Waals surface area (Å²) in [5.74, 6) is -1.11. The Hall–Kier alpha value is -3.35. The van der Waals surface area contributed by atoms with E-state index in [1.807, 2.05) is 31.0 Å². The lowest BCUT2D eigenvalue weighted by molar-refractivity contribution is -0.145. The van der Waals surface area contributed by atoms with E-state index in [0.717, 1.165) is 50.6 Å². The minimum absolute atomic E-state index is 0.0325. The molecule has 1 aromatic carbocycles. The summed E-state index contributed by atoms with van der Waals surface area (Å²) in [6.07, 6.45) is 5.87. The number of carbonyl (C=O) groups excluding carboxylic acids is 4. The average molecular weight is 742 g/mol. The minimum Gasteiger partial charge on any atom is -0.467 e. The van der Waals surface area contributed by atoms with Crippen molar-refractivity contribution in [2.75, 3.05) is 39.6 Å². The molecule has 52 heavy (non-hydrogen) atoms. The molecule has 2 aromatic rings. The quantitative estimate of drug-likeness (QED) is 0.109. The van der Waals surface area contributed by atoms with Gasteiger partial charge in [0.1, 0.15) is 22.8 Å². The number of likely N-dealkylation sites (N-methyl/N-ethyl adjacent to an activating group) is 1. The highest BCUT2D eigenvalue weighted by Gasteiger charge is 2.38. The van der Waals surface area contributed by atoms with Crippen molar-refractivity contribution in [3.8, 4) is 0 Å². The summed E-state index contributed by atoms with van der Waals surface area (Å²) in [5.41, 5.74) is 7.43. The number of piperidine rings is 1. The van der Waals surface area contributed by atoms with Crippen molar-refractivity contribution in [3.63, 3.8) is 0 Å². The molecule has 1 saturated heterocycles. The maximum absolute atomic E-state index is 14.6. The van der Waals surface area contributed by atoms with Crippen LogP contribution in [0.1, 0.15) is 120 Å². The number of nitrogens with one attached hydrogen (secondary N) is 1. The number of nitrogen functional groups attached to an aromatic ring is 1. The lowest BCUT2D eigenvalue weighted by Crippen LogP contribution is -2.50. The van der Waals surface area contributed by atoms with Gasteiger partial charge in [-0.15, -0.1) is 11.3 Å². The fraction of sp³-hybridized carbons (Fsp3) is 0.675. The van der Waals surface area contributed by atoms with Crippen molar-refractivity contribution >= 4 is 40.6 Å². The number of aromatic nitrogens is 1. The summed E-state index contributed by atoms with van der Waals surface area (Å²) in [7, 11) is 3.31. The third-order valence-corrected chi connectivity index (χ3v) is 11.3. The van der Waals surface area contributed by atoms with Crippen LogP contribution in [0.3, 0.4) is 0 Å². The Morgan fingerprint density at radius 1 is 1.08 bits per heavy atom. The predicted molar refractivity (Wildman–Crippen MR) is 207 cm³/mol. The number of rotatable bonds is 21. The minimum atomic E-state index is -0.916. The molecule has 0 aliphatic carbocycles. The Morgan fingerprint density at radius 2 is 1.79 bits per heavy atom. The number of nitrogens with zero attached hydrogens (tertiary/aromatic N) is 3. The number of methoxy groups -OCH3 is 1. The number of esters is 1. The number of anilines is 1. The molecule has 0 radical (unpaired) electrons. The van der Waals surface area contributed by atoms with Crippen LogP contribution in [0.4, 0.5) is 5.69 Å². The van der Waals surface area contributed by atoms with Crippen molar-refractivity contribution < 1.29 is 28.7 Å². The summed E-state index contributed by atoms with van der Waals surface area (Å²) in [6, 6.07) is 5.88. The zero-order valence-electron chi connectivity index (χ0n) is 32.7. The van der Waals surface area contributed by atoms with Gasteiger partial charge in [0, 0.05) is 55.4 Å². The van der Waals surface area contributed by atoms with Crippen LogP contribution in [0.5, 0.6) is 0 Å². The van der Waals surface area contributed by atoms with Crippen molar-refractivity contribution in [1.29, 1.82) is 0 Å². The molecule has 0 bridgehead atoms. The molecule has 11 nitrogen and oxygen atoms in total. The topological polar surface area (TPSA) is 144 Å². The van der Waals surface area contributed by atoms with E-state index in [9.17, 15) is 19.2 Å². The summed E-state index contributed by atoms with van der Waals surface area (Å²) in [4.78, 5) is 63.3. The molecular formula is C40H63N5O6S. The van der Waals surface area contributed by atoms with Crippen LogP contribution in [0, 0.1) is 17.8 Å². The number of amides is 2. The molecule has 3 N–H and O–H groups in total. The van der Waals surface area contributed by atoms with Gasteiger partial charge >= 0.3 is 5.97 Å². The fourth-order valence-corrected chi connectivity index (χ4v) is 7.88. The first kappa shape index (κ1) is 43.1. The van der Waals surface area contributed by atoms with Crippen LogP contribution < -0.4 is 11.1 Å². The predicted octanol–water partition coefficient (Wildman–Crippen LogP) is 6.47. The van der Waals surface area contributed by atoms with Gasteiger partial charge in [-0.05, 0) is 68.8 Å². The summed E-state index contributed by atoms with van der Waals surface area (Å²) >= 11 is 1.33. The second kappa shape index (κ2) is 21.4. The van der Waals surface area contributed by atoms with Crippen molar-refractivity contribution in [1.82, 2.24) is 20.1 Å². The molecule has 1 fully saturated rings. The fourth-order valence-electron chi connectivity index (χ4n) is 7.02. The van der Waals surface area contributed by atoms with Crippen LogP contribution in [0.15, 0.2) is 29.6 Å². The monoisotopic (exact) mass is 741 g/mol. The largest absolute Gasteiger partial charge is 0.467 e. The number of hydrogen-bond donors (Lipinski definition) is 2. The zero-order valence-corrected chi connectivity index (χ0v) is 33.5. The third kappa shape index (κ3) is 12.1. The standard InChI is InChI=1S/C40H63N5O6S/c1-9-19-45(39(48)30(27(6)11-3)23-35(46)33-14-12-13-20-44(33)7)34(26(4)5)24-36(51-21-10-2)38-43-32(25-52-38)37(47)42-31(40(49)50-8)22-28-15-17-29(41)18-16-28/h15-18,25-27,30-31,33-34,36H,9-14,19-24,41H2,1-8H3,(H,42,47)/t27-,30-,31-,33+,34+,36+/m0/s1. The summed E-state index contributed by atoms with van der Waals surface area (Å²) in [6.45, 7) is 14.5. The molecule has 290 valence electrons. The highest BCUT2D eigenvalue weighted by molar-refractivity contribution is 7.09. The normalized spacial score (nSPS) is 17.9. The smallest absolute Gasteiger partial charge is 0.328 e. The van der Waals surface area contributed by atoms with E-state index in [0.29, 0.717) is 30.3 Å². The molecule has 1 aromatic heterocycles. The second-order valence-corrected chi connectivity index (χ2v) is 15.5. The van der Waals surface area contributed by atoms with Gasteiger partial charge in [-0.3, -0.25) is 19.3 Å². The molecule has 1 aliphatic heterocycles. The summed E-state index contributed by atoms with van der Waals surface area (Å²) in [5, 5.41) is 5.11. The van der Waals surface area contributed by atoms with Gasteiger partial charge in [-0.25, -0.2) is 9.78 Å². The third-order valence-electron chi connectivity index (χ3n) is 10.3. The van der Waals surface area contributed by atoms with E-state index in [4.69, 9.17) is 20.2 Å². The first-order valence-corrected chi connectivity index (χ1v) is 20.1. The van der Waals surface area contributed by atoms with Gasteiger partial charge in [0.2, 0.25) is 5.91 Å². The van der Waals surface area contributed by atoms with Gasteiger partial charge in [0.25, 0.3) is 5.91 Å². The molecule has 0 saturated carbocycles. The first-order chi connectivity index (χ1) is 24.8. The number of likely N-dealkylation sites (tertiary alicyclic amines) is 1. The molecule has 0 unspecified atom stereocenters. The van der Waals surface area contributed by atoms with Crippen molar-refractivity contribution in [2.45, 2.75) is 124 Å². The Balaban J connectivity index is 1.86. The molecule has 0 spiro atoms. The van der Waals surface area contributed by atoms with Crippen LogP contribution >= 0.6 is 11.3 Å². The van der Waals surface area contributed by atoms with Gasteiger partial charge in [0.15, 0.2) is 5.78 Å². The van der Waals surface area contributed by atoms with E-state index in [2.05, 4.69) is 44.8 Å². The second-order valence-electron chi connectivity index (χ2n) is 14.7. The van der Waals surface area contributed by atoms with Gasteiger partial charge < -0.3 is 25.4 Å². The Kier molecular flexibility index (Phi) is 17.7. The lowest BCUT2D eigenvalue weighted by atomic mass is 9.82. The molecule has 2 heterocycles. The Bertz CT molecular complexity index is 1430. The highest BCUT2D eigenvalue weighted by atomic mass is 32.1. The number of hydrogen-bond acceptors (Lipinski definition) is 10. The Morgan fingerprint density at radius 3 is 2.38 bits per heavy atom. The Labute approximate surface area is 315 Å². The number of thiazole rings is 1. The van der Waals surface area contributed by atoms with Crippen LogP contribution in [-0.2, 0) is 30.3 Å². The SMILES string of the molecule is CCCO[C@H](C[C@H](C(C)C)N(CCC)C(=O)[C@@H](CC(=O)[C@H]1CCCCN1C)[C@@H](C)CC)c1nc(C(=O)N[C@@H](Cc2ccc(N)cc2)C(=O)OC)cs1. The molecule has 6 atom stereocenters. The van der Waals surface area contributed by atoms with Crippen LogP contribution in [-0.4, -0.2) is 90.3 Å². The van der Waals surface area contributed by atoms with E-state index in [-0.39, 0.29) is 54.1 Å². The maximum Gasteiger partial charge on any atom is 0.328 e. The lowest BCUT2D eigenvalue weighted by Gasteiger charge is -2.40. The highest BCUT2D eigenvalue weighted by Crippen LogP contribution is 2.33. The van der Waals surface area contributed by atoms with Gasteiger partial charge in [-0.2, -0.15) is 0 Å². The van der Waals surface area contributed by atoms with Gasteiger partial charge in [-0.1, -0.05) is 66.5 Å². The number of nitrogens with two attached hydrogens (primary N) is 1. The van der Waals surface area contributed by atoms with E-state index < -0.39 is 29.9 Å². The van der Waals surface area contributed by atoms with E-state index in [1.54, 1.807) is 17.5 Å². The van der Waals surface area contributed by atoms with Crippen molar-refractivity contribution in [2.24, 2.45) is 17.8 Å². The number of Topliss-reactive ketones (excluding diaryl/α,β-unsaturated/α-hetero) is 1. The molecule has 12 heteroatoms. The summed E-state index contributed by atoms with van der Waals surface area (Å²) < 4.78 is 11.4. The molecular weight excluding hydrogens is 679 g/mol. The first-order valence-electron chi connectivity index (χ1n) is 19.2. The number of ketones is 1. The molecule has 3 rings (SSSR count). The van der Waals surface area contributed by atoms with Crippen molar-refractivity contribution in [3.05, 3.63) is 45.9 Å². The van der Waals surface area contributed by atoms with Crippen LogP contribution in [0.2, 0.25) is 0 Å². The van der Waals surface area contributed by atoms with E-state index >= 15 is 0 Å². The maximum atomic E-state index is 14.6. The van der Waals surface area contributed by atoms with Crippen LogP contribution in [0.25, 0.3) is 0 Å². The van der Waals surface area contributed by atoms with E-state index in [1.165, 1.54) is 18.4 Å².